The number of hydrogen-bond acceptors (Lipinski definition) is 4. The summed E-state index contributed by atoms with van der Waals surface area (Å²) in [7, 11) is -3.09. The summed E-state index contributed by atoms with van der Waals surface area (Å²) in [6.45, 7) is 1.68. The van der Waals surface area contributed by atoms with E-state index in [9.17, 15) is 18.0 Å². The van der Waals surface area contributed by atoms with Crippen molar-refractivity contribution in [2.24, 2.45) is 5.92 Å². The summed E-state index contributed by atoms with van der Waals surface area (Å²) >= 11 is 0. The molecular weight excluding hydrogens is 280 g/mol. The van der Waals surface area contributed by atoms with Gasteiger partial charge in [-0.25, -0.2) is 8.42 Å². The molecule has 0 radical (unpaired) electrons. The molecule has 112 valence electrons. The van der Waals surface area contributed by atoms with Crippen molar-refractivity contribution in [2.45, 2.75) is 50.7 Å². The Kier molecular flexibility index (Phi) is 3.27. The van der Waals surface area contributed by atoms with Gasteiger partial charge in [-0.1, -0.05) is 0 Å². The lowest BCUT2D eigenvalue weighted by molar-refractivity contribution is -0.151. The predicted molar refractivity (Wildman–Crippen MR) is 72.6 cm³/mol. The summed E-state index contributed by atoms with van der Waals surface area (Å²) in [5.74, 6) is 0.166. The Morgan fingerprint density at radius 2 is 1.90 bits per heavy atom. The molecule has 6 nitrogen and oxygen atoms in total. The normalized spacial score (nSPS) is 37.6. The topological polar surface area (TPSA) is 83.6 Å². The molecule has 3 unspecified atom stereocenters. The lowest BCUT2D eigenvalue weighted by atomic mass is 10.0. The highest BCUT2D eigenvalue weighted by atomic mass is 32.2. The highest BCUT2D eigenvalue weighted by molar-refractivity contribution is 7.91. The first-order valence-electron chi connectivity index (χ1n) is 7.22. The van der Waals surface area contributed by atoms with E-state index >= 15 is 0 Å². The van der Waals surface area contributed by atoms with Crippen molar-refractivity contribution in [3.8, 4) is 0 Å². The minimum Gasteiger partial charge on any atom is -0.342 e. The quantitative estimate of drug-likeness (QED) is 0.758. The minimum atomic E-state index is -3.09. The highest BCUT2D eigenvalue weighted by Crippen LogP contribution is 2.36. The Morgan fingerprint density at radius 3 is 2.50 bits per heavy atom. The number of amides is 2. The molecule has 1 N–H and O–H groups in total. The third kappa shape index (κ3) is 2.43. The second-order valence-electron chi connectivity index (χ2n) is 6.16. The van der Waals surface area contributed by atoms with Crippen LogP contribution in [0.25, 0.3) is 0 Å². The van der Waals surface area contributed by atoms with E-state index in [0.717, 1.165) is 12.8 Å². The highest BCUT2D eigenvalue weighted by Gasteiger charge is 2.48. The molecule has 1 aliphatic carbocycles. The Morgan fingerprint density at radius 1 is 1.20 bits per heavy atom. The molecule has 3 fully saturated rings. The van der Waals surface area contributed by atoms with Crippen molar-refractivity contribution < 1.29 is 18.0 Å². The first-order valence-corrected chi connectivity index (χ1v) is 9.04. The largest absolute Gasteiger partial charge is 0.342 e. The second-order valence-corrected chi connectivity index (χ2v) is 8.38. The van der Waals surface area contributed by atoms with Crippen LogP contribution >= 0.6 is 0 Å². The van der Waals surface area contributed by atoms with Gasteiger partial charge in [-0.2, -0.15) is 0 Å². The van der Waals surface area contributed by atoms with E-state index < -0.39 is 21.9 Å². The van der Waals surface area contributed by atoms with Crippen molar-refractivity contribution >= 4 is 21.7 Å². The zero-order valence-electron chi connectivity index (χ0n) is 11.5. The fraction of sp³-hybridized carbons (Fsp3) is 0.846. The molecule has 2 amide bonds. The first-order chi connectivity index (χ1) is 9.39. The monoisotopic (exact) mass is 300 g/mol. The van der Waals surface area contributed by atoms with Crippen LogP contribution in [0, 0.1) is 5.92 Å². The summed E-state index contributed by atoms with van der Waals surface area (Å²) in [4.78, 5) is 26.2. The molecular formula is C13H20N2O4S. The number of nitrogens with zero attached hydrogens (tertiary/aromatic N) is 1. The number of carbonyl (C=O) groups is 2. The van der Waals surface area contributed by atoms with E-state index in [1.54, 1.807) is 11.8 Å². The van der Waals surface area contributed by atoms with Gasteiger partial charge in [0.15, 0.2) is 9.84 Å². The van der Waals surface area contributed by atoms with E-state index in [0.29, 0.717) is 12.8 Å². The van der Waals surface area contributed by atoms with E-state index in [1.807, 2.05) is 0 Å². The summed E-state index contributed by atoms with van der Waals surface area (Å²) in [5.41, 5.74) is 0. The maximum absolute atomic E-state index is 12.6. The van der Waals surface area contributed by atoms with Gasteiger partial charge in [-0.15, -0.1) is 0 Å². The van der Waals surface area contributed by atoms with Gasteiger partial charge in [-0.3, -0.25) is 9.59 Å². The smallest absolute Gasteiger partial charge is 0.246 e. The van der Waals surface area contributed by atoms with E-state index in [2.05, 4.69) is 5.32 Å². The number of piperazine rings is 1. The maximum atomic E-state index is 12.6. The van der Waals surface area contributed by atoms with Gasteiger partial charge in [0, 0.05) is 6.04 Å². The van der Waals surface area contributed by atoms with Crippen LogP contribution in [0.2, 0.25) is 0 Å². The van der Waals surface area contributed by atoms with E-state index in [4.69, 9.17) is 0 Å². The van der Waals surface area contributed by atoms with E-state index in [-0.39, 0.29) is 35.3 Å². The third-order valence-electron chi connectivity index (χ3n) is 4.54. The molecule has 3 aliphatic rings. The number of nitrogens with one attached hydrogen (secondary N) is 1. The molecule has 0 spiro atoms. The zero-order chi connectivity index (χ0) is 14.5. The van der Waals surface area contributed by atoms with Crippen molar-refractivity contribution in [1.82, 2.24) is 10.2 Å². The van der Waals surface area contributed by atoms with E-state index in [1.165, 1.54) is 0 Å². The Balaban J connectivity index is 1.84. The average Bonchev–Trinajstić information content (AvgIpc) is 3.17. The lowest BCUT2D eigenvalue weighted by Crippen LogP contribution is -2.66. The van der Waals surface area contributed by atoms with Gasteiger partial charge in [0.25, 0.3) is 0 Å². The SMILES string of the molecule is CC1C(=O)NC(C2CC2)C(=O)N1C1CCCS(=O)(=O)C1. The molecule has 0 aromatic heterocycles. The molecule has 2 aliphatic heterocycles. The van der Waals surface area contributed by atoms with Crippen LogP contribution in [0.3, 0.4) is 0 Å². The van der Waals surface area contributed by atoms with Crippen molar-refractivity contribution in [3.05, 3.63) is 0 Å². The van der Waals surface area contributed by atoms with Crippen LogP contribution in [0.4, 0.5) is 0 Å². The predicted octanol–water partition coefficient (Wildman–Crippen LogP) is -0.311. The summed E-state index contributed by atoms with van der Waals surface area (Å²) in [6, 6.07) is -1.36. The van der Waals surface area contributed by atoms with Crippen LogP contribution in [-0.4, -0.2) is 54.8 Å². The Labute approximate surface area is 118 Å². The van der Waals surface area contributed by atoms with Crippen molar-refractivity contribution in [1.29, 1.82) is 0 Å². The van der Waals surface area contributed by atoms with Crippen LogP contribution < -0.4 is 5.32 Å². The van der Waals surface area contributed by atoms with Crippen LogP contribution in [-0.2, 0) is 19.4 Å². The van der Waals surface area contributed by atoms with Crippen molar-refractivity contribution in [2.75, 3.05) is 11.5 Å². The summed E-state index contributed by atoms with van der Waals surface area (Å²) in [6.07, 6.45) is 3.16. The van der Waals surface area contributed by atoms with Gasteiger partial charge < -0.3 is 10.2 Å². The molecule has 2 heterocycles. The Hall–Kier alpha value is -1.11. The molecule has 20 heavy (non-hydrogen) atoms. The fourth-order valence-electron chi connectivity index (χ4n) is 3.28. The third-order valence-corrected chi connectivity index (χ3v) is 6.34. The Bertz CT molecular complexity index is 541. The second kappa shape index (κ2) is 4.72. The lowest BCUT2D eigenvalue weighted by Gasteiger charge is -2.43. The first kappa shape index (κ1) is 13.9. The summed E-state index contributed by atoms with van der Waals surface area (Å²) < 4.78 is 23.6. The summed E-state index contributed by atoms with van der Waals surface area (Å²) in [5, 5.41) is 2.79. The molecule has 0 aromatic carbocycles. The molecule has 3 atom stereocenters. The van der Waals surface area contributed by atoms with Gasteiger partial charge in [-0.05, 0) is 38.5 Å². The maximum Gasteiger partial charge on any atom is 0.246 e. The molecule has 1 saturated carbocycles. The van der Waals surface area contributed by atoms with Crippen molar-refractivity contribution in [3.63, 3.8) is 0 Å². The number of rotatable bonds is 2. The number of sulfone groups is 1. The fourth-order valence-corrected chi connectivity index (χ4v) is 4.96. The van der Waals surface area contributed by atoms with Crippen LogP contribution in [0.15, 0.2) is 0 Å². The van der Waals surface area contributed by atoms with Gasteiger partial charge in [0.1, 0.15) is 12.1 Å². The zero-order valence-corrected chi connectivity index (χ0v) is 12.4. The molecule has 3 rings (SSSR count). The molecule has 0 bridgehead atoms. The average molecular weight is 300 g/mol. The standard InChI is InChI=1S/C13H20N2O4S/c1-8-12(16)14-11(9-4-5-9)13(17)15(8)10-3-2-6-20(18,19)7-10/h8-11H,2-7H2,1H3,(H,14,16). The van der Waals surface area contributed by atoms with Gasteiger partial charge in [0.05, 0.1) is 11.5 Å². The molecule has 2 saturated heterocycles. The molecule has 7 heteroatoms. The molecule has 0 aromatic rings. The number of hydrogen-bond donors (Lipinski definition) is 1. The minimum absolute atomic E-state index is 0.00620. The van der Waals surface area contributed by atoms with Crippen LogP contribution in [0.1, 0.15) is 32.6 Å². The number of carbonyl (C=O) groups excluding carboxylic acids is 2. The van der Waals surface area contributed by atoms with Crippen LogP contribution in [0.5, 0.6) is 0 Å². The van der Waals surface area contributed by atoms with Gasteiger partial charge >= 0.3 is 0 Å². The van der Waals surface area contributed by atoms with Gasteiger partial charge in [0.2, 0.25) is 11.8 Å².